The molecule has 0 bridgehead atoms. The van der Waals surface area contributed by atoms with Crippen molar-refractivity contribution >= 4 is 0 Å². The van der Waals surface area contributed by atoms with E-state index < -0.39 is 0 Å². The number of piperazine rings is 1. The van der Waals surface area contributed by atoms with Crippen LogP contribution >= 0.6 is 0 Å². The Balaban J connectivity index is 2.25. The highest BCUT2D eigenvalue weighted by molar-refractivity contribution is 5.27. The molecule has 19 heavy (non-hydrogen) atoms. The standard InChI is InChI=1S/C15H24FN3/c1-11-5-6-12(9-13(11)16)15(17-2)14-10-18(3)7-8-19(14)4/h5-6,9,14-15,17H,7-8,10H2,1-4H3. The number of hydrogen-bond acceptors (Lipinski definition) is 3. The zero-order valence-electron chi connectivity index (χ0n) is 12.3. The summed E-state index contributed by atoms with van der Waals surface area (Å²) in [5, 5.41) is 3.35. The molecule has 2 unspecified atom stereocenters. The van der Waals surface area contributed by atoms with Crippen molar-refractivity contribution in [2.24, 2.45) is 0 Å². The van der Waals surface area contributed by atoms with Gasteiger partial charge < -0.3 is 10.2 Å². The van der Waals surface area contributed by atoms with Crippen molar-refractivity contribution in [1.82, 2.24) is 15.1 Å². The smallest absolute Gasteiger partial charge is 0.126 e. The van der Waals surface area contributed by atoms with E-state index in [-0.39, 0.29) is 11.9 Å². The molecule has 1 aromatic carbocycles. The molecule has 1 N–H and O–H groups in total. The molecule has 0 aliphatic carbocycles. The van der Waals surface area contributed by atoms with E-state index in [1.165, 1.54) is 0 Å². The molecule has 1 aliphatic heterocycles. The second-order valence-corrected chi connectivity index (χ2v) is 5.59. The third kappa shape index (κ3) is 3.14. The normalized spacial score (nSPS) is 23.5. The van der Waals surface area contributed by atoms with E-state index in [9.17, 15) is 4.39 Å². The lowest BCUT2D eigenvalue weighted by Crippen LogP contribution is -2.54. The predicted octanol–water partition coefficient (Wildman–Crippen LogP) is 1.64. The first-order chi connectivity index (χ1) is 9.02. The molecule has 3 nitrogen and oxygen atoms in total. The topological polar surface area (TPSA) is 18.5 Å². The van der Waals surface area contributed by atoms with Gasteiger partial charge in [0.25, 0.3) is 0 Å². The van der Waals surface area contributed by atoms with E-state index in [4.69, 9.17) is 0 Å². The van der Waals surface area contributed by atoms with Crippen LogP contribution in [0.4, 0.5) is 4.39 Å². The molecule has 1 fully saturated rings. The summed E-state index contributed by atoms with van der Waals surface area (Å²) in [5.74, 6) is -0.121. The molecule has 0 radical (unpaired) electrons. The second-order valence-electron chi connectivity index (χ2n) is 5.59. The number of benzene rings is 1. The van der Waals surface area contributed by atoms with Gasteiger partial charge in [0.2, 0.25) is 0 Å². The lowest BCUT2D eigenvalue weighted by molar-refractivity contribution is 0.0896. The maximum atomic E-state index is 13.8. The van der Waals surface area contributed by atoms with Gasteiger partial charge in [-0.1, -0.05) is 12.1 Å². The van der Waals surface area contributed by atoms with Crippen LogP contribution in [-0.2, 0) is 0 Å². The van der Waals surface area contributed by atoms with Crippen LogP contribution in [0.1, 0.15) is 17.2 Å². The average Bonchev–Trinajstić information content (AvgIpc) is 2.38. The maximum absolute atomic E-state index is 13.8. The van der Waals surface area contributed by atoms with Crippen LogP contribution < -0.4 is 5.32 Å². The monoisotopic (exact) mass is 265 g/mol. The molecular weight excluding hydrogens is 241 g/mol. The van der Waals surface area contributed by atoms with Crippen molar-refractivity contribution in [1.29, 1.82) is 0 Å². The van der Waals surface area contributed by atoms with Crippen molar-refractivity contribution in [2.45, 2.75) is 19.0 Å². The van der Waals surface area contributed by atoms with Crippen LogP contribution in [0, 0.1) is 12.7 Å². The van der Waals surface area contributed by atoms with Gasteiger partial charge >= 0.3 is 0 Å². The highest BCUT2D eigenvalue weighted by Gasteiger charge is 2.30. The molecule has 0 spiro atoms. The second kappa shape index (κ2) is 5.99. The third-order valence-electron chi connectivity index (χ3n) is 4.15. The molecule has 1 saturated heterocycles. The van der Waals surface area contributed by atoms with Crippen LogP contribution in [-0.4, -0.2) is 56.6 Å². The van der Waals surface area contributed by atoms with Gasteiger partial charge in [-0.2, -0.15) is 0 Å². The first-order valence-electron chi connectivity index (χ1n) is 6.85. The molecule has 1 heterocycles. The molecule has 0 aromatic heterocycles. The molecule has 1 aliphatic rings. The van der Waals surface area contributed by atoms with Crippen molar-refractivity contribution in [3.05, 3.63) is 35.1 Å². The summed E-state index contributed by atoms with van der Waals surface area (Å²) in [4.78, 5) is 4.69. The van der Waals surface area contributed by atoms with Crippen molar-refractivity contribution in [2.75, 3.05) is 40.8 Å². The highest BCUT2D eigenvalue weighted by atomic mass is 19.1. The third-order valence-corrected chi connectivity index (χ3v) is 4.15. The molecule has 0 saturated carbocycles. The molecule has 106 valence electrons. The summed E-state index contributed by atoms with van der Waals surface area (Å²) in [6.45, 7) is 4.94. The molecule has 0 amide bonds. The Bertz CT molecular complexity index is 435. The Morgan fingerprint density at radius 2 is 2.05 bits per heavy atom. The van der Waals surface area contributed by atoms with Crippen LogP contribution in [0.25, 0.3) is 0 Å². The van der Waals surface area contributed by atoms with Crippen LogP contribution in [0.15, 0.2) is 18.2 Å². The summed E-state index contributed by atoms with van der Waals surface area (Å²) in [5.41, 5.74) is 1.73. The van der Waals surface area contributed by atoms with Gasteiger partial charge in [-0.25, -0.2) is 4.39 Å². The van der Waals surface area contributed by atoms with E-state index in [0.717, 1.165) is 25.2 Å². The summed E-state index contributed by atoms with van der Waals surface area (Å²) in [6, 6.07) is 6.08. The molecule has 2 atom stereocenters. The van der Waals surface area contributed by atoms with Crippen LogP contribution in [0.3, 0.4) is 0 Å². The number of nitrogens with one attached hydrogen (secondary N) is 1. The van der Waals surface area contributed by atoms with Crippen molar-refractivity contribution in [3.63, 3.8) is 0 Å². The number of hydrogen-bond donors (Lipinski definition) is 1. The quantitative estimate of drug-likeness (QED) is 0.896. The Kier molecular flexibility index (Phi) is 4.55. The van der Waals surface area contributed by atoms with Crippen LogP contribution in [0.2, 0.25) is 0 Å². The number of aryl methyl sites for hydroxylation is 1. The minimum atomic E-state index is -0.121. The van der Waals surface area contributed by atoms with Gasteiger partial charge in [0.1, 0.15) is 5.82 Å². The number of rotatable bonds is 3. The Morgan fingerprint density at radius 3 is 2.68 bits per heavy atom. The van der Waals surface area contributed by atoms with E-state index >= 15 is 0 Å². The van der Waals surface area contributed by atoms with Gasteiger partial charge in [-0.05, 0) is 45.3 Å². The number of nitrogens with zero attached hydrogens (tertiary/aromatic N) is 2. The first kappa shape index (κ1) is 14.4. The lowest BCUT2D eigenvalue weighted by atomic mass is 9.95. The van der Waals surface area contributed by atoms with Gasteiger partial charge in [0.15, 0.2) is 0 Å². The van der Waals surface area contributed by atoms with E-state index in [2.05, 4.69) is 29.2 Å². The first-order valence-corrected chi connectivity index (χ1v) is 6.85. The van der Waals surface area contributed by atoms with Gasteiger partial charge in [0, 0.05) is 31.7 Å². The Morgan fingerprint density at radius 1 is 1.32 bits per heavy atom. The lowest BCUT2D eigenvalue weighted by Gasteiger charge is -2.42. The summed E-state index contributed by atoms with van der Waals surface area (Å²) in [6.07, 6.45) is 0. The molecular formula is C15H24FN3. The summed E-state index contributed by atoms with van der Waals surface area (Å²) in [7, 11) is 6.24. The van der Waals surface area contributed by atoms with Gasteiger partial charge in [-0.15, -0.1) is 0 Å². The zero-order valence-corrected chi connectivity index (χ0v) is 12.3. The number of halogens is 1. The average molecular weight is 265 g/mol. The van der Waals surface area contributed by atoms with E-state index in [1.54, 1.807) is 13.0 Å². The molecule has 4 heteroatoms. The molecule has 1 aromatic rings. The highest BCUT2D eigenvalue weighted by Crippen LogP contribution is 2.24. The minimum absolute atomic E-state index is 0.121. The Labute approximate surface area is 115 Å². The molecule has 2 rings (SSSR count). The van der Waals surface area contributed by atoms with Crippen molar-refractivity contribution in [3.8, 4) is 0 Å². The van der Waals surface area contributed by atoms with Gasteiger partial charge in [0.05, 0.1) is 0 Å². The number of likely N-dealkylation sites (N-methyl/N-ethyl adjacent to an activating group) is 3. The summed E-state index contributed by atoms with van der Waals surface area (Å²) < 4.78 is 13.8. The van der Waals surface area contributed by atoms with Gasteiger partial charge in [-0.3, -0.25) is 4.90 Å². The maximum Gasteiger partial charge on any atom is 0.126 e. The minimum Gasteiger partial charge on any atom is -0.312 e. The fraction of sp³-hybridized carbons (Fsp3) is 0.600. The van der Waals surface area contributed by atoms with E-state index in [0.29, 0.717) is 11.6 Å². The fourth-order valence-corrected chi connectivity index (χ4v) is 2.79. The van der Waals surface area contributed by atoms with Crippen molar-refractivity contribution < 1.29 is 4.39 Å². The fourth-order valence-electron chi connectivity index (χ4n) is 2.79. The van der Waals surface area contributed by atoms with E-state index in [1.807, 2.05) is 19.2 Å². The predicted molar refractivity (Wildman–Crippen MR) is 76.9 cm³/mol. The zero-order chi connectivity index (χ0) is 14.0. The summed E-state index contributed by atoms with van der Waals surface area (Å²) >= 11 is 0. The largest absolute Gasteiger partial charge is 0.312 e. The Hall–Kier alpha value is -0.970. The SMILES string of the molecule is CNC(c1ccc(C)c(F)c1)C1CN(C)CCN1C. The van der Waals surface area contributed by atoms with Crippen LogP contribution in [0.5, 0.6) is 0 Å².